The van der Waals surface area contributed by atoms with E-state index in [1.54, 1.807) is 0 Å². The van der Waals surface area contributed by atoms with E-state index in [4.69, 9.17) is 0 Å². The zero-order valence-corrected chi connectivity index (χ0v) is 40.6. The number of anilines is 6. The molecular weight excluding hydrogens is 821 g/mol. The van der Waals surface area contributed by atoms with Crippen LogP contribution in [0.3, 0.4) is 0 Å². The van der Waals surface area contributed by atoms with Gasteiger partial charge in [0.05, 0.1) is 39.4 Å². The van der Waals surface area contributed by atoms with Crippen molar-refractivity contribution in [2.24, 2.45) is 0 Å². The number of benzene rings is 8. The number of hydrogen-bond donors (Lipinski definition) is 0. The van der Waals surface area contributed by atoms with Crippen molar-refractivity contribution in [3.8, 4) is 23.3 Å². The van der Waals surface area contributed by atoms with Crippen molar-refractivity contribution in [3.05, 3.63) is 203 Å². The fraction of sp³-hybridized carbons (Fsp3) is 0.153. The lowest BCUT2D eigenvalue weighted by Gasteiger charge is -2.28. The van der Waals surface area contributed by atoms with E-state index < -0.39 is 16.1 Å². The third kappa shape index (κ3) is 8.47. The normalized spacial score (nSPS) is 13.0. The van der Waals surface area contributed by atoms with Gasteiger partial charge in [-0.2, -0.15) is 10.5 Å². The Labute approximate surface area is 387 Å². The van der Waals surface area contributed by atoms with Crippen LogP contribution in [-0.4, -0.2) is 16.1 Å². The van der Waals surface area contributed by atoms with Crippen LogP contribution in [0.5, 0.6) is 0 Å². The number of fused-ring (bicyclic) bond motifs is 4. The summed E-state index contributed by atoms with van der Waals surface area (Å²) < 4.78 is 0. The zero-order chi connectivity index (χ0) is 45.7. The minimum Gasteiger partial charge on any atom is -0.310 e. The van der Waals surface area contributed by atoms with Crippen LogP contribution in [0, 0.1) is 22.7 Å². The summed E-state index contributed by atoms with van der Waals surface area (Å²) in [5.74, 6) is 0. The van der Waals surface area contributed by atoms with Crippen LogP contribution in [-0.2, 0) is 5.41 Å². The Hall–Kier alpha value is -7.23. The summed E-state index contributed by atoms with van der Waals surface area (Å²) in [6, 6.07) is 65.4. The highest BCUT2D eigenvalue weighted by Crippen LogP contribution is 2.51. The molecule has 0 N–H and O–H groups in total. The van der Waals surface area contributed by atoms with Crippen LogP contribution in [0.25, 0.3) is 34.1 Å². The summed E-state index contributed by atoms with van der Waals surface area (Å²) in [6.07, 6.45) is 4.45. The third-order valence-corrected chi connectivity index (χ3v) is 17.1. The summed E-state index contributed by atoms with van der Waals surface area (Å²) in [5, 5.41) is 24.3. The van der Waals surface area contributed by atoms with Crippen LogP contribution in [0.1, 0.15) is 47.2 Å². The van der Waals surface area contributed by atoms with Crippen molar-refractivity contribution < 1.29 is 0 Å². The second-order valence-corrected chi connectivity index (χ2v) is 30.0. The van der Waals surface area contributed by atoms with E-state index in [1.807, 2.05) is 48.5 Å². The molecule has 0 bridgehead atoms. The van der Waals surface area contributed by atoms with Gasteiger partial charge in [0.1, 0.15) is 0 Å². The molecule has 8 aromatic rings. The van der Waals surface area contributed by atoms with Gasteiger partial charge < -0.3 is 9.80 Å². The fourth-order valence-electron chi connectivity index (χ4n) is 9.16. The maximum atomic E-state index is 9.49. The second-order valence-electron chi connectivity index (χ2n) is 19.9. The van der Waals surface area contributed by atoms with Crippen LogP contribution >= 0.6 is 0 Å². The van der Waals surface area contributed by atoms with Crippen LogP contribution in [0.15, 0.2) is 170 Å². The second kappa shape index (κ2) is 16.7. The Morgan fingerprint density at radius 3 is 1.23 bits per heavy atom. The van der Waals surface area contributed by atoms with E-state index in [0.717, 1.165) is 33.9 Å². The average molecular weight is 875 g/mol. The summed E-state index contributed by atoms with van der Waals surface area (Å²) in [6.45, 7) is 19.0. The van der Waals surface area contributed by atoms with E-state index in [9.17, 15) is 10.5 Å². The molecule has 318 valence electrons. The Kier molecular flexibility index (Phi) is 11.1. The molecule has 4 nitrogen and oxygen atoms in total. The van der Waals surface area contributed by atoms with Crippen molar-refractivity contribution in [2.75, 3.05) is 9.80 Å². The van der Waals surface area contributed by atoms with Crippen molar-refractivity contribution in [1.82, 2.24) is 0 Å². The zero-order valence-electron chi connectivity index (χ0n) is 38.6. The van der Waals surface area contributed by atoms with Gasteiger partial charge in [-0.25, -0.2) is 0 Å². The minimum atomic E-state index is -1.44. The fourth-order valence-corrected chi connectivity index (χ4v) is 11.5. The van der Waals surface area contributed by atoms with Gasteiger partial charge >= 0.3 is 0 Å². The topological polar surface area (TPSA) is 54.1 Å². The Morgan fingerprint density at radius 2 is 0.754 bits per heavy atom. The lowest BCUT2D eigenvalue weighted by Crippen LogP contribution is -2.37. The van der Waals surface area contributed by atoms with E-state index in [0.29, 0.717) is 11.1 Å². The molecule has 0 fully saturated rings. The van der Waals surface area contributed by atoms with Crippen LogP contribution in [0.4, 0.5) is 34.1 Å². The van der Waals surface area contributed by atoms with Gasteiger partial charge in [-0.15, -0.1) is 0 Å². The van der Waals surface area contributed by atoms with Gasteiger partial charge in [0.2, 0.25) is 0 Å². The van der Waals surface area contributed by atoms with Gasteiger partial charge in [0.25, 0.3) is 0 Å². The summed E-state index contributed by atoms with van der Waals surface area (Å²) in [5.41, 5.74) is 14.7. The van der Waals surface area contributed by atoms with Crippen molar-refractivity contribution >= 4 is 83.6 Å². The van der Waals surface area contributed by atoms with Gasteiger partial charge in [0, 0.05) is 39.5 Å². The molecule has 0 atom stereocenters. The molecule has 0 aliphatic heterocycles. The van der Waals surface area contributed by atoms with Crippen LogP contribution < -0.4 is 20.2 Å². The van der Waals surface area contributed by atoms with Crippen LogP contribution in [0.2, 0.25) is 39.3 Å². The lowest BCUT2D eigenvalue weighted by atomic mass is 9.81. The Morgan fingerprint density at radius 1 is 0.400 bits per heavy atom. The molecule has 1 aliphatic rings. The highest BCUT2D eigenvalue weighted by Gasteiger charge is 2.36. The molecule has 1 aliphatic carbocycles. The monoisotopic (exact) mass is 874 g/mol. The predicted octanol–water partition coefficient (Wildman–Crippen LogP) is 15.1. The highest BCUT2D eigenvalue weighted by atomic mass is 28.3. The molecule has 0 amide bonds. The molecule has 0 saturated carbocycles. The molecule has 0 heterocycles. The van der Waals surface area contributed by atoms with Crippen molar-refractivity contribution in [3.63, 3.8) is 0 Å². The molecule has 0 aromatic heterocycles. The maximum absolute atomic E-state index is 9.49. The molecule has 8 aromatic carbocycles. The summed E-state index contributed by atoms with van der Waals surface area (Å²) in [7, 11) is -2.87. The first-order valence-corrected chi connectivity index (χ1v) is 29.4. The van der Waals surface area contributed by atoms with Gasteiger partial charge in [-0.3, -0.25) is 0 Å². The summed E-state index contributed by atoms with van der Waals surface area (Å²) in [4.78, 5) is 4.58. The third-order valence-electron chi connectivity index (χ3n) is 13.0. The van der Waals surface area contributed by atoms with E-state index in [1.165, 1.54) is 54.8 Å². The molecule has 65 heavy (non-hydrogen) atoms. The molecule has 0 unspecified atom stereocenters. The van der Waals surface area contributed by atoms with Crippen molar-refractivity contribution in [2.45, 2.75) is 58.5 Å². The SMILES string of the molecule is CC1(C)c2cc(/C=C/c3ccc4cc(N(c5ccc([Si](C)(C)C)cc5)c5ccc([Si](C)(C)C)cc5)ccc4c3)ccc2-c2ccc(N(c3ccc(C#N)cc3)c3ccc(C#N)cc3)cc21. The van der Waals surface area contributed by atoms with Gasteiger partial charge in [-0.05, 0) is 147 Å². The number of hydrogen-bond acceptors (Lipinski definition) is 4. The lowest BCUT2D eigenvalue weighted by molar-refractivity contribution is 0.660. The standard InChI is InChI=1S/C59H54N4Si2/c1-59(2)57-36-42(16-33-55(57)56-34-28-52(38-58(56)59)63(47-19-12-43(39-60)13-20-47)48-21-14-44(40-61)15-22-48)10-9-41-11-17-46-37-51(23-18-45(46)35-41)62(49-24-29-53(30-25-49)64(3,4)5)50-26-31-54(32-27-50)65(6,7)8/h9-38H,1-8H3/b10-9+. The smallest absolute Gasteiger partial charge is 0.0991 e. The first-order chi connectivity index (χ1) is 31.1. The van der Waals surface area contributed by atoms with E-state index >= 15 is 0 Å². The highest BCUT2D eigenvalue weighted by molar-refractivity contribution is 6.89. The van der Waals surface area contributed by atoms with E-state index in [-0.39, 0.29) is 5.41 Å². The molecule has 0 radical (unpaired) electrons. The summed E-state index contributed by atoms with van der Waals surface area (Å²) >= 11 is 0. The Bertz CT molecular complexity index is 3080. The quantitative estimate of drug-likeness (QED) is 0.101. The molecule has 6 heteroatoms. The van der Waals surface area contributed by atoms with Gasteiger partial charge in [-0.1, -0.05) is 142 Å². The average Bonchev–Trinajstić information content (AvgIpc) is 3.53. The first-order valence-electron chi connectivity index (χ1n) is 22.4. The largest absolute Gasteiger partial charge is 0.310 e. The van der Waals surface area contributed by atoms with Crippen molar-refractivity contribution in [1.29, 1.82) is 10.5 Å². The number of rotatable bonds is 10. The predicted molar refractivity (Wildman–Crippen MR) is 282 cm³/mol. The Balaban J connectivity index is 0.994. The molecular formula is C59H54N4Si2. The van der Waals surface area contributed by atoms with E-state index in [2.05, 4.69) is 209 Å². The molecule has 9 rings (SSSR count). The number of nitriles is 2. The number of nitrogens with zero attached hydrogens (tertiary/aromatic N) is 4. The maximum Gasteiger partial charge on any atom is 0.0991 e. The molecule has 0 saturated heterocycles. The minimum absolute atomic E-state index is 0.243. The molecule has 0 spiro atoms. The first kappa shape index (κ1) is 43.0. The van der Waals surface area contributed by atoms with Gasteiger partial charge in [0.15, 0.2) is 0 Å².